The lowest BCUT2D eigenvalue weighted by atomic mass is 10.1. The zero-order chi connectivity index (χ0) is 13.1. The summed E-state index contributed by atoms with van der Waals surface area (Å²) in [6, 6.07) is 9.55. The summed E-state index contributed by atoms with van der Waals surface area (Å²) < 4.78 is 18.8. The zero-order valence-electron chi connectivity index (χ0n) is 10.2. The van der Waals surface area contributed by atoms with Crippen molar-refractivity contribution in [1.29, 1.82) is 0 Å². The van der Waals surface area contributed by atoms with Gasteiger partial charge in [-0.05, 0) is 49.2 Å². The van der Waals surface area contributed by atoms with Crippen LogP contribution in [-0.2, 0) is 0 Å². The van der Waals surface area contributed by atoms with E-state index < -0.39 is 5.82 Å². The number of hydrogen-bond donors (Lipinski definition) is 0. The molecule has 3 heteroatoms. The second-order valence-corrected chi connectivity index (χ2v) is 4.19. The topological polar surface area (TPSA) is 26.3 Å². The molecule has 0 bridgehead atoms. The van der Waals surface area contributed by atoms with Crippen molar-refractivity contribution in [2.75, 3.05) is 0 Å². The molecule has 18 heavy (non-hydrogen) atoms. The minimum Gasteiger partial charge on any atom is -0.457 e. The maximum Gasteiger partial charge on any atom is 0.150 e. The van der Waals surface area contributed by atoms with Crippen molar-refractivity contribution in [3.63, 3.8) is 0 Å². The molecule has 0 N–H and O–H groups in total. The van der Waals surface area contributed by atoms with Gasteiger partial charge in [0, 0.05) is 11.6 Å². The van der Waals surface area contributed by atoms with Crippen molar-refractivity contribution < 1.29 is 13.9 Å². The Hall–Kier alpha value is -2.16. The number of ether oxygens (including phenoxy) is 1. The van der Waals surface area contributed by atoms with Gasteiger partial charge in [0.1, 0.15) is 23.6 Å². The Morgan fingerprint density at radius 3 is 2.44 bits per heavy atom. The second kappa shape index (κ2) is 5.00. The first-order valence-electron chi connectivity index (χ1n) is 5.59. The lowest BCUT2D eigenvalue weighted by molar-refractivity contribution is 0.112. The minimum atomic E-state index is -0.488. The Balaban J connectivity index is 2.30. The molecule has 0 aromatic heterocycles. The van der Waals surface area contributed by atoms with Crippen molar-refractivity contribution >= 4 is 6.29 Å². The number of aldehydes is 1. The SMILES string of the molecule is Cc1ccc(Oc2cc(F)cc(C=O)c2)cc1C. The van der Waals surface area contributed by atoms with E-state index in [9.17, 15) is 9.18 Å². The Morgan fingerprint density at radius 1 is 1.00 bits per heavy atom. The summed E-state index contributed by atoms with van der Waals surface area (Å²) >= 11 is 0. The number of carbonyl (C=O) groups is 1. The molecule has 0 radical (unpaired) electrons. The third-order valence-electron chi connectivity index (χ3n) is 2.74. The van der Waals surface area contributed by atoms with Crippen LogP contribution in [0.4, 0.5) is 4.39 Å². The van der Waals surface area contributed by atoms with Gasteiger partial charge in [-0.15, -0.1) is 0 Å². The van der Waals surface area contributed by atoms with Crippen molar-refractivity contribution in [3.8, 4) is 11.5 Å². The Kier molecular flexibility index (Phi) is 3.42. The highest BCUT2D eigenvalue weighted by molar-refractivity contribution is 5.75. The molecule has 0 aliphatic rings. The molecule has 0 spiro atoms. The summed E-state index contributed by atoms with van der Waals surface area (Å²) in [5.41, 5.74) is 2.52. The van der Waals surface area contributed by atoms with Crippen LogP contribution in [0.3, 0.4) is 0 Å². The van der Waals surface area contributed by atoms with Crippen LogP contribution in [0.25, 0.3) is 0 Å². The van der Waals surface area contributed by atoms with Gasteiger partial charge in [0.25, 0.3) is 0 Å². The van der Waals surface area contributed by atoms with Crippen LogP contribution < -0.4 is 4.74 Å². The highest BCUT2D eigenvalue weighted by Crippen LogP contribution is 2.25. The van der Waals surface area contributed by atoms with Gasteiger partial charge in [0.2, 0.25) is 0 Å². The van der Waals surface area contributed by atoms with Crippen LogP contribution >= 0.6 is 0 Å². The van der Waals surface area contributed by atoms with E-state index in [2.05, 4.69) is 0 Å². The third kappa shape index (κ3) is 2.74. The summed E-state index contributed by atoms with van der Waals surface area (Å²) in [6.45, 7) is 3.98. The third-order valence-corrected chi connectivity index (χ3v) is 2.74. The van der Waals surface area contributed by atoms with Gasteiger partial charge in [0.05, 0.1) is 0 Å². The Morgan fingerprint density at radius 2 is 1.78 bits per heavy atom. The molecule has 0 aliphatic carbocycles. The second-order valence-electron chi connectivity index (χ2n) is 4.19. The van der Waals surface area contributed by atoms with Gasteiger partial charge in [0.15, 0.2) is 0 Å². The van der Waals surface area contributed by atoms with Gasteiger partial charge in [-0.25, -0.2) is 4.39 Å². The molecule has 2 nitrogen and oxygen atoms in total. The van der Waals surface area contributed by atoms with E-state index in [1.807, 2.05) is 32.0 Å². The number of carbonyl (C=O) groups excluding carboxylic acids is 1. The van der Waals surface area contributed by atoms with Gasteiger partial charge in [-0.3, -0.25) is 4.79 Å². The van der Waals surface area contributed by atoms with Gasteiger partial charge >= 0.3 is 0 Å². The van der Waals surface area contributed by atoms with Crippen LogP contribution in [0.15, 0.2) is 36.4 Å². The summed E-state index contributed by atoms with van der Waals surface area (Å²) in [4.78, 5) is 10.6. The molecule has 92 valence electrons. The average molecular weight is 244 g/mol. The molecule has 0 heterocycles. The summed E-state index contributed by atoms with van der Waals surface area (Å²) in [6.07, 6.45) is 0.594. The van der Waals surface area contributed by atoms with E-state index in [0.29, 0.717) is 17.8 Å². The maximum atomic E-state index is 13.2. The Labute approximate surface area is 105 Å². The highest BCUT2D eigenvalue weighted by atomic mass is 19.1. The first-order valence-corrected chi connectivity index (χ1v) is 5.59. The molecule has 0 fully saturated rings. The lowest BCUT2D eigenvalue weighted by Crippen LogP contribution is -1.90. The smallest absolute Gasteiger partial charge is 0.150 e. The normalized spacial score (nSPS) is 10.2. The molecule has 2 aromatic rings. The number of aryl methyl sites for hydroxylation is 2. The maximum absolute atomic E-state index is 13.2. The van der Waals surface area contributed by atoms with Crippen molar-refractivity contribution in [3.05, 3.63) is 58.9 Å². The predicted molar refractivity (Wildman–Crippen MR) is 67.8 cm³/mol. The molecule has 0 unspecified atom stereocenters. The quantitative estimate of drug-likeness (QED) is 0.761. The minimum absolute atomic E-state index is 0.258. The number of benzene rings is 2. The monoisotopic (exact) mass is 244 g/mol. The van der Waals surface area contributed by atoms with Gasteiger partial charge in [-0.1, -0.05) is 6.07 Å². The first kappa shape index (κ1) is 12.3. The van der Waals surface area contributed by atoms with E-state index in [1.54, 1.807) is 0 Å². The lowest BCUT2D eigenvalue weighted by Gasteiger charge is -2.08. The van der Waals surface area contributed by atoms with Crippen LogP contribution in [0.5, 0.6) is 11.5 Å². The molecule has 2 aromatic carbocycles. The predicted octanol–water partition coefficient (Wildman–Crippen LogP) is 4.05. The van der Waals surface area contributed by atoms with Crippen LogP contribution in [-0.4, -0.2) is 6.29 Å². The van der Waals surface area contributed by atoms with Gasteiger partial charge < -0.3 is 4.74 Å². The summed E-state index contributed by atoms with van der Waals surface area (Å²) in [7, 11) is 0. The van der Waals surface area contributed by atoms with Crippen molar-refractivity contribution in [2.45, 2.75) is 13.8 Å². The number of halogens is 1. The molecule has 0 amide bonds. The van der Waals surface area contributed by atoms with E-state index in [1.165, 1.54) is 18.2 Å². The molecular formula is C15H13FO2. The van der Waals surface area contributed by atoms with E-state index in [-0.39, 0.29) is 5.56 Å². The molecule has 0 atom stereocenters. The number of hydrogen-bond acceptors (Lipinski definition) is 2. The zero-order valence-corrected chi connectivity index (χ0v) is 10.2. The fourth-order valence-corrected chi connectivity index (χ4v) is 1.62. The molecule has 2 rings (SSSR count). The molecule has 0 saturated heterocycles. The van der Waals surface area contributed by atoms with E-state index in [0.717, 1.165) is 11.1 Å². The van der Waals surface area contributed by atoms with E-state index >= 15 is 0 Å². The van der Waals surface area contributed by atoms with Crippen molar-refractivity contribution in [1.82, 2.24) is 0 Å². The average Bonchev–Trinajstić information content (AvgIpc) is 2.33. The van der Waals surface area contributed by atoms with Crippen LogP contribution in [0, 0.1) is 19.7 Å². The molecule has 0 aliphatic heterocycles. The van der Waals surface area contributed by atoms with Crippen LogP contribution in [0.1, 0.15) is 21.5 Å². The van der Waals surface area contributed by atoms with Crippen LogP contribution in [0.2, 0.25) is 0 Å². The van der Waals surface area contributed by atoms with Gasteiger partial charge in [-0.2, -0.15) is 0 Å². The summed E-state index contributed by atoms with van der Waals surface area (Å²) in [5.74, 6) is 0.458. The van der Waals surface area contributed by atoms with E-state index in [4.69, 9.17) is 4.74 Å². The fourth-order valence-electron chi connectivity index (χ4n) is 1.62. The molecule has 0 saturated carbocycles. The van der Waals surface area contributed by atoms with Crippen molar-refractivity contribution in [2.24, 2.45) is 0 Å². The summed E-state index contributed by atoms with van der Waals surface area (Å²) in [5, 5.41) is 0. The molecular weight excluding hydrogens is 231 g/mol. The standard InChI is InChI=1S/C15H13FO2/c1-10-3-4-14(5-11(10)2)18-15-7-12(9-17)6-13(16)8-15/h3-9H,1-2H3. The highest BCUT2D eigenvalue weighted by Gasteiger charge is 2.03. The Bertz CT molecular complexity index is 591. The number of rotatable bonds is 3. The first-order chi connectivity index (χ1) is 8.58. The largest absolute Gasteiger partial charge is 0.457 e. The fraction of sp³-hybridized carbons (Fsp3) is 0.133.